The summed E-state index contributed by atoms with van der Waals surface area (Å²) in [6.07, 6.45) is 9.43. The van der Waals surface area contributed by atoms with Crippen molar-refractivity contribution >= 4 is 5.78 Å². The Bertz CT molecular complexity index is 384. The molecule has 1 saturated heterocycles. The highest BCUT2D eigenvalue weighted by Crippen LogP contribution is 2.34. The Hall–Kier alpha value is -1.15. The van der Waals surface area contributed by atoms with E-state index >= 15 is 0 Å². The SMILES string of the molecule is C=C1/C=C/[C@@H](C(C)C)CC(=O)[C@@]2(/C=C\C1)CO2. The van der Waals surface area contributed by atoms with Crippen molar-refractivity contribution in [1.29, 1.82) is 0 Å². The Morgan fingerprint density at radius 3 is 2.82 bits per heavy atom. The number of ketones is 1. The number of ether oxygens (including phenoxy) is 1. The predicted molar refractivity (Wildman–Crippen MR) is 68.7 cm³/mol. The van der Waals surface area contributed by atoms with Crippen LogP contribution in [0.25, 0.3) is 0 Å². The van der Waals surface area contributed by atoms with E-state index in [9.17, 15) is 4.79 Å². The molecule has 0 saturated carbocycles. The minimum Gasteiger partial charge on any atom is -0.357 e. The number of epoxide rings is 1. The van der Waals surface area contributed by atoms with Gasteiger partial charge in [0.25, 0.3) is 0 Å². The first-order chi connectivity index (χ1) is 8.03. The molecule has 2 atom stereocenters. The van der Waals surface area contributed by atoms with Crippen LogP contribution in [0, 0.1) is 11.8 Å². The molecule has 0 amide bonds. The minimum absolute atomic E-state index is 0.213. The fraction of sp³-hybridized carbons (Fsp3) is 0.533. The van der Waals surface area contributed by atoms with Crippen molar-refractivity contribution in [3.05, 3.63) is 36.5 Å². The van der Waals surface area contributed by atoms with E-state index in [2.05, 4.69) is 26.5 Å². The van der Waals surface area contributed by atoms with E-state index in [1.165, 1.54) is 0 Å². The number of carbonyl (C=O) groups excluding carboxylic acids is 1. The van der Waals surface area contributed by atoms with Crippen molar-refractivity contribution in [1.82, 2.24) is 0 Å². The summed E-state index contributed by atoms with van der Waals surface area (Å²) in [7, 11) is 0. The molecule has 0 N–H and O–H groups in total. The summed E-state index contributed by atoms with van der Waals surface area (Å²) < 4.78 is 5.35. The third-order valence-corrected chi connectivity index (χ3v) is 3.55. The Morgan fingerprint density at radius 1 is 1.53 bits per heavy atom. The molecule has 17 heavy (non-hydrogen) atoms. The molecule has 2 rings (SSSR count). The maximum atomic E-state index is 12.2. The zero-order chi connectivity index (χ0) is 12.5. The number of hydrogen-bond acceptors (Lipinski definition) is 2. The Balaban J connectivity index is 2.21. The molecule has 1 fully saturated rings. The standard InChI is InChI=1S/C15H20O2/c1-11(2)13-7-6-12(3)5-4-8-15(10-17-15)14(16)9-13/h4,6-8,11,13H,3,5,9-10H2,1-2H3/b7-6+,8-4-/t13-,15-/m1/s1. The summed E-state index contributed by atoms with van der Waals surface area (Å²) in [5.41, 5.74) is 0.482. The summed E-state index contributed by atoms with van der Waals surface area (Å²) in [5, 5.41) is 0. The van der Waals surface area contributed by atoms with Crippen LogP contribution in [0.3, 0.4) is 0 Å². The van der Waals surface area contributed by atoms with Crippen molar-refractivity contribution in [3.8, 4) is 0 Å². The zero-order valence-corrected chi connectivity index (χ0v) is 10.6. The van der Waals surface area contributed by atoms with Crippen LogP contribution >= 0.6 is 0 Å². The number of allylic oxidation sites excluding steroid dienone is 4. The molecule has 1 aliphatic heterocycles. The number of carbonyl (C=O) groups is 1. The fourth-order valence-electron chi connectivity index (χ4n) is 2.07. The molecule has 2 heteroatoms. The zero-order valence-electron chi connectivity index (χ0n) is 10.6. The van der Waals surface area contributed by atoms with Gasteiger partial charge in [0.1, 0.15) is 0 Å². The number of hydrogen-bond donors (Lipinski definition) is 0. The van der Waals surface area contributed by atoms with Gasteiger partial charge in [-0.2, -0.15) is 0 Å². The number of rotatable bonds is 1. The van der Waals surface area contributed by atoms with Crippen molar-refractivity contribution in [2.45, 2.75) is 32.3 Å². The lowest BCUT2D eigenvalue weighted by atomic mass is 9.85. The molecule has 0 bridgehead atoms. The van der Waals surface area contributed by atoms with E-state index in [0.717, 1.165) is 12.0 Å². The Morgan fingerprint density at radius 2 is 2.24 bits per heavy atom. The van der Waals surface area contributed by atoms with Crippen LogP contribution in [0.2, 0.25) is 0 Å². The number of Topliss-reactive ketones (excluding diaryl/α,β-unsaturated/α-hetero) is 1. The first kappa shape index (κ1) is 12.3. The third-order valence-electron chi connectivity index (χ3n) is 3.55. The van der Waals surface area contributed by atoms with Crippen LogP contribution in [-0.2, 0) is 9.53 Å². The van der Waals surface area contributed by atoms with E-state index in [4.69, 9.17) is 4.74 Å². The lowest BCUT2D eigenvalue weighted by Gasteiger charge is -2.18. The highest BCUT2D eigenvalue weighted by molar-refractivity contribution is 5.92. The van der Waals surface area contributed by atoms with Crippen LogP contribution < -0.4 is 0 Å². The maximum absolute atomic E-state index is 12.2. The molecule has 0 radical (unpaired) electrons. The second kappa shape index (κ2) is 4.61. The average Bonchev–Trinajstić information content (AvgIpc) is 3.03. The summed E-state index contributed by atoms with van der Waals surface area (Å²) in [5.74, 6) is 0.957. The quantitative estimate of drug-likeness (QED) is 0.513. The molecule has 1 aliphatic carbocycles. The average molecular weight is 232 g/mol. The Kier molecular flexibility index (Phi) is 3.34. The predicted octanol–water partition coefficient (Wildman–Crippen LogP) is 3.06. The second-order valence-corrected chi connectivity index (χ2v) is 5.34. The van der Waals surface area contributed by atoms with Crippen LogP contribution in [0.1, 0.15) is 26.7 Å². The molecule has 2 nitrogen and oxygen atoms in total. The smallest absolute Gasteiger partial charge is 0.171 e. The van der Waals surface area contributed by atoms with Gasteiger partial charge in [0.15, 0.2) is 11.4 Å². The monoisotopic (exact) mass is 232 g/mol. The van der Waals surface area contributed by atoms with Crippen molar-refractivity contribution < 1.29 is 9.53 Å². The van der Waals surface area contributed by atoms with Gasteiger partial charge in [-0.25, -0.2) is 0 Å². The van der Waals surface area contributed by atoms with Gasteiger partial charge in [-0.15, -0.1) is 0 Å². The molecule has 0 aromatic carbocycles. The first-order valence-corrected chi connectivity index (χ1v) is 6.24. The third kappa shape index (κ3) is 2.75. The van der Waals surface area contributed by atoms with Gasteiger partial charge < -0.3 is 4.74 Å². The lowest BCUT2D eigenvalue weighted by molar-refractivity contribution is -0.123. The van der Waals surface area contributed by atoms with Gasteiger partial charge in [0, 0.05) is 6.42 Å². The summed E-state index contributed by atoms with van der Waals surface area (Å²) in [4.78, 5) is 12.2. The lowest BCUT2D eigenvalue weighted by Crippen LogP contribution is -2.26. The second-order valence-electron chi connectivity index (χ2n) is 5.34. The Labute approximate surface area is 103 Å². The van der Waals surface area contributed by atoms with Crippen molar-refractivity contribution in [2.24, 2.45) is 11.8 Å². The van der Waals surface area contributed by atoms with Gasteiger partial charge in [-0.1, -0.05) is 44.2 Å². The molecule has 0 unspecified atom stereocenters. The molecular formula is C15H20O2. The molecule has 2 aliphatic rings. The van der Waals surface area contributed by atoms with E-state index in [-0.39, 0.29) is 11.7 Å². The highest BCUT2D eigenvalue weighted by atomic mass is 16.6. The van der Waals surface area contributed by atoms with Gasteiger partial charge in [-0.3, -0.25) is 4.79 Å². The molecule has 0 aromatic heterocycles. The fourth-order valence-corrected chi connectivity index (χ4v) is 2.07. The molecule has 1 spiro atoms. The van der Waals surface area contributed by atoms with Crippen molar-refractivity contribution in [3.63, 3.8) is 0 Å². The van der Waals surface area contributed by atoms with E-state index in [1.807, 2.05) is 18.2 Å². The molecule has 1 heterocycles. The summed E-state index contributed by atoms with van der Waals surface area (Å²) in [6, 6.07) is 0. The largest absolute Gasteiger partial charge is 0.357 e. The molecular weight excluding hydrogens is 212 g/mol. The summed E-state index contributed by atoms with van der Waals surface area (Å²) >= 11 is 0. The van der Waals surface area contributed by atoms with Crippen molar-refractivity contribution in [2.75, 3.05) is 6.61 Å². The van der Waals surface area contributed by atoms with Crippen LogP contribution in [0.5, 0.6) is 0 Å². The van der Waals surface area contributed by atoms with E-state index in [1.54, 1.807) is 0 Å². The van der Waals surface area contributed by atoms with Crippen LogP contribution in [0.15, 0.2) is 36.5 Å². The van der Waals surface area contributed by atoms with Gasteiger partial charge in [-0.05, 0) is 24.3 Å². The molecule has 92 valence electrons. The first-order valence-electron chi connectivity index (χ1n) is 6.24. The van der Waals surface area contributed by atoms with Gasteiger partial charge in [0.2, 0.25) is 0 Å². The normalized spacial score (nSPS) is 37.2. The topological polar surface area (TPSA) is 29.6 Å². The summed E-state index contributed by atoms with van der Waals surface area (Å²) in [6.45, 7) is 8.84. The molecule has 0 aromatic rings. The minimum atomic E-state index is -0.599. The van der Waals surface area contributed by atoms with Crippen LogP contribution in [0.4, 0.5) is 0 Å². The van der Waals surface area contributed by atoms with Gasteiger partial charge >= 0.3 is 0 Å². The van der Waals surface area contributed by atoms with Crippen LogP contribution in [-0.4, -0.2) is 18.0 Å². The van der Waals surface area contributed by atoms with E-state index < -0.39 is 5.60 Å². The highest BCUT2D eigenvalue weighted by Gasteiger charge is 2.49. The maximum Gasteiger partial charge on any atom is 0.171 e. The van der Waals surface area contributed by atoms with E-state index in [0.29, 0.717) is 18.9 Å². The van der Waals surface area contributed by atoms with Gasteiger partial charge in [0.05, 0.1) is 6.61 Å².